The predicted molar refractivity (Wildman–Crippen MR) is 134 cm³/mol. The van der Waals surface area contributed by atoms with Gasteiger partial charge in [-0.15, -0.1) is 24.5 Å². The minimum absolute atomic E-state index is 0.235. The van der Waals surface area contributed by atoms with Gasteiger partial charge in [0.2, 0.25) is 0 Å². The first-order valence-electron chi connectivity index (χ1n) is 11.7. The van der Waals surface area contributed by atoms with Gasteiger partial charge in [-0.3, -0.25) is 5.01 Å². The summed E-state index contributed by atoms with van der Waals surface area (Å²) in [7, 11) is 1.30. The Labute approximate surface area is 216 Å². The summed E-state index contributed by atoms with van der Waals surface area (Å²) in [5.74, 6) is -0.778. The number of nitrogens with one attached hydrogen (secondary N) is 2. The first kappa shape index (κ1) is 26.7. The molecule has 2 aromatic carbocycles. The van der Waals surface area contributed by atoms with E-state index in [0.717, 1.165) is 18.7 Å². The first-order valence-corrected chi connectivity index (χ1v) is 12.5. The molecule has 0 unspecified atom stereocenters. The van der Waals surface area contributed by atoms with Crippen molar-refractivity contribution >= 4 is 17.3 Å². The number of hydrazine groups is 1. The minimum Gasteiger partial charge on any atom is -0.467 e. The van der Waals surface area contributed by atoms with E-state index < -0.39 is 18.4 Å². The zero-order valence-corrected chi connectivity index (χ0v) is 20.9. The highest BCUT2D eigenvalue weighted by molar-refractivity contribution is 7.15. The molecule has 0 spiro atoms. The third-order valence-corrected chi connectivity index (χ3v) is 6.89. The molecule has 0 saturated carbocycles. The lowest BCUT2D eigenvalue weighted by Gasteiger charge is -2.23. The van der Waals surface area contributed by atoms with E-state index >= 15 is 0 Å². The number of quaternary nitrogens is 1. The van der Waals surface area contributed by atoms with Crippen molar-refractivity contribution in [3.8, 4) is 16.2 Å². The fourth-order valence-electron chi connectivity index (χ4n) is 3.88. The quantitative estimate of drug-likeness (QED) is 0.199. The van der Waals surface area contributed by atoms with E-state index in [9.17, 15) is 18.0 Å². The number of benzene rings is 2. The van der Waals surface area contributed by atoms with Gasteiger partial charge in [0.1, 0.15) is 5.75 Å². The monoisotopic (exact) mass is 533 g/mol. The number of thiophene rings is 1. The summed E-state index contributed by atoms with van der Waals surface area (Å²) in [6.45, 7) is 1.41. The van der Waals surface area contributed by atoms with Crippen LogP contribution < -0.4 is 21.0 Å². The van der Waals surface area contributed by atoms with Crippen molar-refractivity contribution in [2.45, 2.75) is 25.2 Å². The van der Waals surface area contributed by atoms with Crippen LogP contribution in [0.15, 0.2) is 78.6 Å². The third-order valence-electron chi connectivity index (χ3n) is 5.70. The Hall–Kier alpha value is -3.38. The maximum Gasteiger partial charge on any atom is 0.573 e. The van der Waals surface area contributed by atoms with Gasteiger partial charge in [0.05, 0.1) is 19.9 Å². The lowest BCUT2D eigenvalue weighted by atomic mass is 10.1. The molecule has 1 atom stereocenters. The van der Waals surface area contributed by atoms with Gasteiger partial charge >= 0.3 is 12.3 Å². The van der Waals surface area contributed by atoms with Gasteiger partial charge in [0.25, 0.3) is 0 Å². The highest BCUT2D eigenvalue weighted by atomic mass is 32.1. The van der Waals surface area contributed by atoms with Crippen LogP contribution in [0.2, 0.25) is 0 Å². The normalized spacial score (nSPS) is 14.4. The Bertz CT molecular complexity index is 1200. The second-order valence-corrected chi connectivity index (χ2v) is 9.55. The van der Waals surface area contributed by atoms with Gasteiger partial charge in [-0.1, -0.05) is 48.0 Å². The molecule has 11 heteroatoms. The molecule has 4 N–H and O–H groups in total. The smallest absolute Gasteiger partial charge is 0.467 e. The fourth-order valence-corrected chi connectivity index (χ4v) is 4.90. The van der Waals surface area contributed by atoms with Gasteiger partial charge in [0, 0.05) is 22.7 Å². The predicted octanol–water partition coefficient (Wildman–Crippen LogP) is 3.37. The maximum absolute atomic E-state index is 12.5. The number of carbonyl (C=O) groups excluding carboxylic acids is 1. The summed E-state index contributed by atoms with van der Waals surface area (Å²) in [6, 6.07) is 19.3. The molecule has 37 heavy (non-hydrogen) atoms. The maximum atomic E-state index is 12.5. The molecule has 0 saturated heterocycles. The van der Waals surface area contributed by atoms with E-state index in [-0.39, 0.29) is 12.2 Å². The first-order chi connectivity index (χ1) is 17.8. The van der Waals surface area contributed by atoms with E-state index in [1.54, 1.807) is 16.3 Å². The number of hydrogen-bond donors (Lipinski definition) is 3. The second kappa shape index (κ2) is 12.2. The summed E-state index contributed by atoms with van der Waals surface area (Å²) < 4.78 is 46.0. The minimum atomic E-state index is -4.75. The highest BCUT2D eigenvalue weighted by Crippen LogP contribution is 2.28. The number of carbonyl (C=O) groups is 1. The molecule has 2 heterocycles. The van der Waals surface area contributed by atoms with Crippen LogP contribution in [0, 0.1) is 0 Å². The summed E-state index contributed by atoms with van der Waals surface area (Å²) in [5.41, 5.74) is 7.71. The van der Waals surface area contributed by atoms with Crippen LogP contribution in [-0.2, 0) is 22.4 Å². The van der Waals surface area contributed by atoms with Crippen LogP contribution in [0.25, 0.3) is 10.4 Å². The van der Waals surface area contributed by atoms with Crippen molar-refractivity contribution in [3.05, 3.63) is 89.1 Å². The molecule has 0 radical (unpaired) electrons. The van der Waals surface area contributed by atoms with Gasteiger partial charge in [0.15, 0.2) is 11.7 Å². The summed E-state index contributed by atoms with van der Waals surface area (Å²) in [4.78, 5) is 15.0. The van der Waals surface area contributed by atoms with Gasteiger partial charge in [-0.2, -0.15) is 0 Å². The molecular weight excluding hydrogens is 505 g/mol. The zero-order chi connectivity index (χ0) is 26.3. The van der Waals surface area contributed by atoms with Crippen LogP contribution >= 0.6 is 11.3 Å². The lowest BCUT2D eigenvalue weighted by Crippen LogP contribution is -2.92. The topological polar surface area (TPSA) is 79.4 Å². The lowest BCUT2D eigenvalue weighted by molar-refractivity contribution is -0.677. The molecule has 3 aromatic rings. The van der Waals surface area contributed by atoms with Crippen LogP contribution in [0.5, 0.6) is 5.75 Å². The molecular formula is C26H28F3N4O3S+. The molecule has 7 nitrogen and oxygen atoms in total. The Morgan fingerprint density at radius 1 is 1.11 bits per heavy atom. The van der Waals surface area contributed by atoms with Crippen molar-refractivity contribution in [1.29, 1.82) is 0 Å². The number of halogens is 3. The van der Waals surface area contributed by atoms with Crippen LogP contribution in [-0.4, -0.2) is 43.6 Å². The van der Waals surface area contributed by atoms with E-state index in [0.29, 0.717) is 12.1 Å². The molecule has 0 bridgehead atoms. The molecule has 0 aliphatic carbocycles. The number of nitrogens with two attached hydrogens (primary N) is 1. The SMILES string of the molecule is COC(=O)[C@H](Cc1ccc(OC(F)(F)F)cc1)N1C=C(CNCCc2ccc(-c3ccccc3)s2)[NH2+]N1. The molecule has 0 amide bonds. The van der Waals surface area contributed by atoms with Crippen molar-refractivity contribution in [1.82, 2.24) is 15.9 Å². The van der Waals surface area contributed by atoms with E-state index in [4.69, 9.17) is 4.74 Å². The second-order valence-electron chi connectivity index (χ2n) is 8.38. The number of ether oxygens (including phenoxy) is 2. The van der Waals surface area contributed by atoms with Crippen molar-refractivity contribution < 1.29 is 32.9 Å². The number of nitrogens with zero attached hydrogens (tertiary/aromatic N) is 1. The van der Waals surface area contributed by atoms with Crippen molar-refractivity contribution in [2.24, 2.45) is 0 Å². The average molecular weight is 534 g/mol. The third kappa shape index (κ3) is 7.80. The van der Waals surface area contributed by atoms with E-state index in [1.165, 1.54) is 46.7 Å². The molecule has 1 aliphatic rings. The Morgan fingerprint density at radius 2 is 1.86 bits per heavy atom. The number of hydrogen-bond acceptors (Lipinski definition) is 7. The van der Waals surface area contributed by atoms with E-state index in [1.807, 2.05) is 29.8 Å². The molecule has 0 fully saturated rings. The van der Waals surface area contributed by atoms with Gasteiger partial charge in [-0.05, 0) is 41.8 Å². The van der Waals surface area contributed by atoms with Crippen LogP contribution in [0.3, 0.4) is 0 Å². The Kier molecular flexibility index (Phi) is 8.82. The standard InChI is InChI=1S/C26H27F3N4O3S/c1-35-25(34)23(15-18-7-9-21(10-8-18)36-26(27,28)29)33-17-20(31-32-33)16-30-14-13-22-11-12-24(37-22)19-5-3-2-4-6-19/h2-12,17,23,30-32H,13-16H2,1H3/p+1/t23-/m0/s1. The van der Waals surface area contributed by atoms with Gasteiger partial charge in [-0.25, -0.2) is 10.2 Å². The van der Waals surface area contributed by atoms with Crippen molar-refractivity contribution in [3.63, 3.8) is 0 Å². The number of methoxy groups -OCH3 is 1. The number of rotatable bonds is 11. The van der Waals surface area contributed by atoms with Gasteiger partial charge < -0.3 is 14.8 Å². The zero-order valence-electron chi connectivity index (χ0n) is 20.1. The molecule has 1 aliphatic heterocycles. The largest absolute Gasteiger partial charge is 0.573 e. The van der Waals surface area contributed by atoms with Crippen LogP contribution in [0.1, 0.15) is 10.4 Å². The number of esters is 1. The summed E-state index contributed by atoms with van der Waals surface area (Å²) in [6.07, 6.45) is -1.79. The highest BCUT2D eigenvalue weighted by Gasteiger charge is 2.32. The Balaban J connectivity index is 1.28. The average Bonchev–Trinajstić information content (AvgIpc) is 3.55. The fraction of sp³-hybridized carbons (Fsp3) is 0.269. The number of alkyl halides is 3. The summed E-state index contributed by atoms with van der Waals surface area (Å²) in [5, 5.41) is 5.07. The summed E-state index contributed by atoms with van der Waals surface area (Å²) >= 11 is 1.79. The molecule has 4 rings (SSSR count). The molecule has 1 aromatic heterocycles. The van der Waals surface area contributed by atoms with Crippen LogP contribution in [0.4, 0.5) is 13.2 Å². The molecule has 196 valence electrons. The Morgan fingerprint density at radius 3 is 2.57 bits per heavy atom. The van der Waals surface area contributed by atoms with E-state index in [2.05, 4.69) is 39.9 Å². The van der Waals surface area contributed by atoms with Crippen molar-refractivity contribution in [2.75, 3.05) is 20.2 Å².